The van der Waals surface area contributed by atoms with Crippen molar-refractivity contribution in [3.05, 3.63) is 29.3 Å². The maximum absolute atomic E-state index is 9.77. The predicted octanol–water partition coefficient (Wildman–Crippen LogP) is 3.26. The molecule has 1 atom stereocenters. The highest BCUT2D eigenvalue weighted by molar-refractivity contribution is 5.47. The Morgan fingerprint density at radius 1 is 1.37 bits per heavy atom. The highest BCUT2D eigenvalue weighted by Gasteiger charge is 2.39. The Kier molecular flexibility index (Phi) is 3.82. The van der Waals surface area contributed by atoms with Crippen LogP contribution in [-0.4, -0.2) is 25.6 Å². The Morgan fingerprint density at radius 2 is 2.11 bits per heavy atom. The van der Waals surface area contributed by atoms with Crippen molar-refractivity contribution < 1.29 is 4.74 Å². The third kappa shape index (κ3) is 2.33. The molecule has 3 heteroatoms. The van der Waals surface area contributed by atoms with Crippen LogP contribution in [-0.2, 0) is 5.54 Å². The molecule has 1 aromatic carbocycles. The summed E-state index contributed by atoms with van der Waals surface area (Å²) in [4.78, 5) is 2.02. The lowest BCUT2D eigenvalue weighted by molar-refractivity contribution is 0.202. The molecule has 0 radical (unpaired) electrons. The van der Waals surface area contributed by atoms with Crippen molar-refractivity contribution >= 4 is 0 Å². The normalized spacial score (nSPS) is 22.6. The summed E-state index contributed by atoms with van der Waals surface area (Å²) in [5.74, 6) is 1.31. The van der Waals surface area contributed by atoms with Gasteiger partial charge in [-0.1, -0.05) is 19.9 Å². The molecule has 1 aliphatic rings. The standard InChI is InChI=1S/C16H22N2O/c1-12(2)13-6-7-15-14(10-13)16(11-17,18(3)4)8-5-9-19-15/h6-7,10,12H,5,8-9H2,1-4H3. The van der Waals surface area contributed by atoms with Gasteiger partial charge in [0.05, 0.1) is 12.7 Å². The highest BCUT2D eigenvalue weighted by atomic mass is 16.5. The molecule has 0 amide bonds. The molecule has 1 unspecified atom stereocenters. The van der Waals surface area contributed by atoms with Crippen molar-refractivity contribution in [2.24, 2.45) is 0 Å². The largest absolute Gasteiger partial charge is 0.493 e. The molecule has 1 heterocycles. The molecule has 102 valence electrons. The number of fused-ring (bicyclic) bond motifs is 1. The second kappa shape index (κ2) is 5.22. The van der Waals surface area contributed by atoms with E-state index in [1.165, 1.54) is 5.56 Å². The van der Waals surface area contributed by atoms with Crippen LogP contribution >= 0.6 is 0 Å². The lowest BCUT2D eigenvalue weighted by Gasteiger charge is -2.33. The van der Waals surface area contributed by atoms with E-state index in [1.54, 1.807) is 0 Å². The van der Waals surface area contributed by atoms with Gasteiger partial charge in [-0.2, -0.15) is 5.26 Å². The Bertz CT molecular complexity index is 502. The van der Waals surface area contributed by atoms with Crippen LogP contribution in [0.25, 0.3) is 0 Å². The first-order valence-electron chi connectivity index (χ1n) is 6.87. The van der Waals surface area contributed by atoms with E-state index < -0.39 is 5.54 Å². The van der Waals surface area contributed by atoms with Crippen LogP contribution in [0.4, 0.5) is 0 Å². The number of nitriles is 1. The third-order valence-corrected chi connectivity index (χ3v) is 4.00. The van der Waals surface area contributed by atoms with Crippen molar-refractivity contribution in [1.29, 1.82) is 5.26 Å². The highest BCUT2D eigenvalue weighted by Crippen LogP contribution is 2.40. The zero-order valence-electron chi connectivity index (χ0n) is 12.2. The van der Waals surface area contributed by atoms with Crippen LogP contribution in [0.1, 0.15) is 43.7 Å². The van der Waals surface area contributed by atoms with E-state index in [0.717, 1.165) is 24.2 Å². The van der Waals surface area contributed by atoms with E-state index in [9.17, 15) is 5.26 Å². The maximum atomic E-state index is 9.77. The van der Waals surface area contributed by atoms with E-state index in [1.807, 2.05) is 25.1 Å². The van der Waals surface area contributed by atoms with Crippen molar-refractivity contribution in [2.45, 2.75) is 38.1 Å². The number of nitrogens with zero attached hydrogens (tertiary/aromatic N) is 2. The zero-order chi connectivity index (χ0) is 14.0. The van der Waals surface area contributed by atoms with Gasteiger partial charge in [0.15, 0.2) is 0 Å². The van der Waals surface area contributed by atoms with Gasteiger partial charge in [0.1, 0.15) is 11.3 Å². The predicted molar refractivity (Wildman–Crippen MR) is 76.2 cm³/mol. The SMILES string of the molecule is CC(C)c1ccc2c(c1)C(C#N)(N(C)C)CCCO2. The molecule has 0 bridgehead atoms. The molecular formula is C16H22N2O. The van der Waals surface area contributed by atoms with Crippen LogP contribution in [0.15, 0.2) is 18.2 Å². The number of rotatable bonds is 2. The first-order chi connectivity index (χ1) is 9.01. The fraction of sp³-hybridized carbons (Fsp3) is 0.562. The first kappa shape index (κ1) is 13.9. The molecule has 0 spiro atoms. The summed E-state index contributed by atoms with van der Waals surface area (Å²) in [6.07, 6.45) is 1.71. The number of hydrogen-bond acceptors (Lipinski definition) is 3. The Morgan fingerprint density at radius 3 is 2.68 bits per heavy atom. The third-order valence-electron chi connectivity index (χ3n) is 4.00. The van der Waals surface area contributed by atoms with Gasteiger partial charge >= 0.3 is 0 Å². The summed E-state index contributed by atoms with van der Waals surface area (Å²) in [5.41, 5.74) is 1.70. The fourth-order valence-corrected chi connectivity index (χ4v) is 2.68. The van der Waals surface area contributed by atoms with Gasteiger partial charge in [-0.05, 0) is 50.6 Å². The summed E-state index contributed by atoms with van der Waals surface area (Å²) in [6.45, 7) is 5.03. The number of ether oxygens (including phenoxy) is 1. The van der Waals surface area contributed by atoms with E-state index in [2.05, 4.69) is 32.0 Å². The monoisotopic (exact) mass is 258 g/mol. The molecule has 0 aromatic heterocycles. The molecule has 2 rings (SSSR count). The summed E-state index contributed by atoms with van der Waals surface area (Å²) in [5, 5.41) is 9.77. The second-order valence-corrected chi connectivity index (χ2v) is 5.73. The van der Waals surface area contributed by atoms with Crippen LogP contribution in [0.3, 0.4) is 0 Å². The molecule has 0 fully saturated rings. The van der Waals surface area contributed by atoms with Gasteiger partial charge in [-0.15, -0.1) is 0 Å². The summed E-state index contributed by atoms with van der Waals surface area (Å²) in [7, 11) is 3.95. The molecule has 19 heavy (non-hydrogen) atoms. The van der Waals surface area contributed by atoms with Gasteiger partial charge in [0, 0.05) is 5.56 Å². The molecule has 0 saturated carbocycles. The van der Waals surface area contributed by atoms with Gasteiger partial charge in [0.2, 0.25) is 0 Å². The topological polar surface area (TPSA) is 36.3 Å². The molecule has 0 N–H and O–H groups in total. The van der Waals surface area contributed by atoms with Gasteiger partial charge in [0.25, 0.3) is 0 Å². The van der Waals surface area contributed by atoms with Crippen molar-refractivity contribution in [3.8, 4) is 11.8 Å². The summed E-state index contributed by atoms with van der Waals surface area (Å²) < 4.78 is 5.81. The zero-order valence-corrected chi connectivity index (χ0v) is 12.2. The van der Waals surface area contributed by atoms with Crippen LogP contribution < -0.4 is 4.74 Å². The Hall–Kier alpha value is -1.53. The average molecular weight is 258 g/mol. The summed E-state index contributed by atoms with van der Waals surface area (Å²) >= 11 is 0. The van der Waals surface area contributed by atoms with Crippen LogP contribution in [0, 0.1) is 11.3 Å². The van der Waals surface area contributed by atoms with Crippen molar-refractivity contribution in [1.82, 2.24) is 4.90 Å². The molecule has 1 aromatic rings. The van der Waals surface area contributed by atoms with E-state index in [4.69, 9.17) is 4.74 Å². The number of benzene rings is 1. The van der Waals surface area contributed by atoms with Crippen LogP contribution in [0.5, 0.6) is 5.75 Å². The first-order valence-corrected chi connectivity index (χ1v) is 6.87. The fourth-order valence-electron chi connectivity index (χ4n) is 2.68. The lowest BCUT2D eigenvalue weighted by atomic mass is 9.83. The van der Waals surface area contributed by atoms with Crippen molar-refractivity contribution in [3.63, 3.8) is 0 Å². The van der Waals surface area contributed by atoms with Gasteiger partial charge in [-0.3, -0.25) is 4.90 Å². The van der Waals surface area contributed by atoms with E-state index in [-0.39, 0.29) is 0 Å². The molecule has 0 aliphatic carbocycles. The van der Waals surface area contributed by atoms with E-state index in [0.29, 0.717) is 12.5 Å². The minimum atomic E-state index is -0.573. The van der Waals surface area contributed by atoms with Gasteiger partial charge < -0.3 is 4.74 Å². The van der Waals surface area contributed by atoms with E-state index >= 15 is 0 Å². The Labute approximate surface area is 115 Å². The minimum Gasteiger partial charge on any atom is -0.493 e. The lowest BCUT2D eigenvalue weighted by Crippen LogP contribution is -2.39. The van der Waals surface area contributed by atoms with Gasteiger partial charge in [-0.25, -0.2) is 0 Å². The number of hydrogen-bond donors (Lipinski definition) is 0. The average Bonchev–Trinajstić information content (AvgIpc) is 2.57. The quantitative estimate of drug-likeness (QED) is 0.817. The minimum absolute atomic E-state index is 0.451. The summed E-state index contributed by atoms with van der Waals surface area (Å²) in [6, 6.07) is 8.80. The molecule has 3 nitrogen and oxygen atoms in total. The Balaban J connectivity index is 2.63. The smallest absolute Gasteiger partial charge is 0.137 e. The molecular weight excluding hydrogens is 236 g/mol. The van der Waals surface area contributed by atoms with Crippen molar-refractivity contribution in [2.75, 3.05) is 20.7 Å². The van der Waals surface area contributed by atoms with Crippen LogP contribution in [0.2, 0.25) is 0 Å². The second-order valence-electron chi connectivity index (χ2n) is 5.73. The molecule has 1 aliphatic heterocycles. The maximum Gasteiger partial charge on any atom is 0.137 e. The molecule has 0 saturated heterocycles.